The molecule has 0 saturated heterocycles. The van der Waals surface area contributed by atoms with E-state index in [0.29, 0.717) is 17.4 Å². The molecule has 0 radical (unpaired) electrons. The van der Waals surface area contributed by atoms with E-state index >= 15 is 0 Å². The fourth-order valence-electron chi connectivity index (χ4n) is 4.84. The maximum absolute atomic E-state index is 11.1. The van der Waals surface area contributed by atoms with Crippen LogP contribution in [0, 0.1) is 0 Å². The van der Waals surface area contributed by atoms with E-state index in [2.05, 4.69) is 12.1 Å². The number of benzene rings is 1. The minimum Gasteiger partial charge on any atom is -0.756 e. The average molecular weight is 527 g/mol. The Labute approximate surface area is 221 Å². The van der Waals surface area contributed by atoms with Crippen molar-refractivity contribution >= 4 is 13.5 Å². The molecule has 0 aliphatic heterocycles. The minimum atomic E-state index is -4.67. The van der Waals surface area contributed by atoms with Crippen molar-refractivity contribution in [3.8, 4) is 0 Å². The molecular formula is C29H55N2O4P. The van der Waals surface area contributed by atoms with Crippen molar-refractivity contribution in [2.45, 2.75) is 122 Å². The van der Waals surface area contributed by atoms with Gasteiger partial charge in [0.05, 0.1) is 21.1 Å². The zero-order valence-corrected chi connectivity index (χ0v) is 24.4. The van der Waals surface area contributed by atoms with Crippen LogP contribution in [0.25, 0.3) is 0 Å². The lowest BCUT2D eigenvalue weighted by Crippen LogP contribution is -2.42. The van der Waals surface area contributed by atoms with Gasteiger partial charge in [0.1, 0.15) is 12.6 Å². The Kier molecular flexibility index (Phi) is 17.7. The van der Waals surface area contributed by atoms with E-state index in [0.717, 1.165) is 18.5 Å². The lowest BCUT2D eigenvalue weighted by Gasteiger charge is -2.31. The maximum atomic E-state index is 11.1. The summed E-state index contributed by atoms with van der Waals surface area (Å²) in [6.45, 7) is 0.568. The summed E-state index contributed by atoms with van der Waals surface area (Å²) in [5.74, 6) is 0. The van der Waals surface area contributed by atoms with Crippen molar-refractivity contribution in [3.05, 3.63) is 29.8 Å². The fourth-order valence-corrected chi connectivity index (χ4v) is 5.39. The highest BCUT2D eigenvalue weighted by Crippen LogP contribution is 2.34. The number of hydrogen-bond acceptors (Lipinski definition) is 4. The van der Waals surface area contributed by atoms with Crippen LogP contribution in [0.4, 0.5) is 5.69 Å². The summed E-state index contributed by atoms with van der Waals surface area (Å²) >= 11 is 0. The van der Waals surface area contributed by atoms with Crippen molar-refractivity contribution in [2.24, 2.45) is 0 Å². The van der Waals surface area contributed by atoms with E-state index in [1.165, 1.54) is 102 Å². The number of phosphoric acid groups is 1. The lowest BCUT2D eigenvalue weighted by atomic mass is 10.0. The summed E-state index contributed by atoms with van der Waals surface area (Å²) in [6, 6.07) is 8.29. The summed E-state index contributed by atoms with van der Waals surface area (Å²) < 4.78 is 16.6. The molecule has 1 rings (SSSR count). The van der Waals surface area contributed by atoms with Crippen LogP contribution in [0.2, 0.25) is 0 Å². The molecular weight excluding hydrogens is 471 g/mol. The number of phosphoric ester groups is 1. The van der Waals surface area contributed by atoms with Crippen molar-refractivity contribution in [1.82, 2.24) is 0 Å². The van der Waals surface area contributed by atoms with Crippen LogP contribution in [-0.2, 0) is 15.5 Å². The first-order chi connectivity index (χ1) is 17.1. The summed E-state index contributed by atoms with van der Waals surface area (Å²) in [5.41, 5.74) is 7.98. The normalized spacial score (nSPS) is 14.6. The molecule has 0 saturated carbocycles. The van der Waals surface area contributed by atoms with E-state index in [9.17, 15) is 9.46 Å². The minimum absolute atomic E-state index is 0.446. The number of hydrogen-bond donors (Lipinski definition) is 2. The summed E-state index contributed by atoms with van der Waals surface area (Å²) in [5, 5.41) is 0. The van der Waals surface area contributed by atoms with Crippen LogP contribution in [0.3, 0.4) is 0 Å². The van der Waals surface area contributed by atoms with Crippen molar-refractivity contribution in [2.75, 3.05) is 33.4 Å². The molecule has 2 atom stereocenters. The summed E-state index contributed by atoms with van der Waals surface area (Å²) in [4.78, 5) is 20.1. The molecule has 1 aromatic carbocycles. The predicted octanol–water partition coefficient (Wildman–Crippen LogP) is 7.00. The lowest BCUT2D eigenvalue weighted by molar-refractivity contribution is -0.873. The summed E-state index contributed by atoms with van der Waals surface area (Å²) in [6.07, 6.45) is 22.1. The van der Waals surface area contributed by atoms with Gasteiger partial charge in [-0.1, -0.05) is 108 Å². The number of rotatable bonds is 23. The highest BCUT2D eigenvalue weighted by Gasteiger charge is 2.22. The molecule has 0 aliphatic rings. The van der Waals surface area contributed by atoms with Crippen LogP contribution >= 0.6 is 7.82 Å². The molecule has 0 aromatic heterocycles. The standard InChI is InChI=1S/C29H55N2O4P/c1-31(2,3)26-29(35-36(32,33)34)21-19-17-15-13-11-9-7-5-4-6-8-10-12-14-16-18-20-27-22-24-28(30)25-23-27/h22-25,29H,4-21,26,30H2,1-3H3,(H-,32,33,34). The Morgan fingerprint density at radius 3 is 1.56 bits per heavy atom. The third-order valence-electron chi connectivity index (χ3n) is 6.75. The van der Waals surface area contributed by atoms with Gasteiger partial charge in [-0.3, -0.25) is 4.57 Å². The Morgan fingerprint density at radius 1 is 0.778 bits per heavy atom. The second kappa shape index (κ2) is 19.2. The van der Waals surface area contributed by atoms with Crippen LogP contribution in [0.5, 0.6) is 0 Å². The van der Waals surface area contributed by atoms with Gasteiger partial charge >= 0.3 is 0 Å². The van der Waals surface area contributed by atoms with Gasteiger partial charge in [0.2, 0.25) is 0 Å². The maximum Gasteiger partial charge on any atom is 0.265 e. The van der Waals surface area contributed by atoms with Crippen molar-refractivity contribution in [3.63, 3.8) is 0 Å². The highest BCUT2D eigenvalue weighted by atomic mass is 31.2. The number of anilines is 1. The van der Waals surface area contributed by atoms with Crippen LogP contribution in [0.1, 0.15) is 115 Å². The van der Waals surface area contributed by atoms with Gasteiger partial charge in [0, 0.05) is 5.69 Å². The average Bonchev–Trinajstić information content (AvgIpc) is 2.77. The van der Waals surface area contributed by atoms with Gasteiger partial charge in [0.25, 0.3) is 7.82 Å². The predicted molar refractivity (Wildman–Crippen MR) is 151 cm³/mol. The number of aryl methyl sites for hydroxylation is 1. The quantitative estimate of drug-likeness (QED) is 0.0693. The monoisotopic (exact) mass is 526 g/mol. The van der Waals surface area contributed by atoms with Gasteiger partial charge < -0.3 is 24.5 Å². The first-order valence-corrected chi connectivity index (χ1v) is 15.9. The molecule has 36 heavy (non-hydrogen) atoms. The zero-order chi connectivity index (χ0) is 26.7. The molecule has 0 amide bonds. The van der Waals surface area contributed by atoms with Crippen LogP contribution in [0.15, 0.2) is 24.3 Å². The van der Waals surface area contributed by atoms with Crippen molar-refractivity contribution < 1.29 is 23.4 Å². The Bertz CT molecular complexity index is 700. The largest absolute Gasteiger partial charge is 0.756 e. The van der Waals surface area contributed by atoms with Gasteiger partial charge in [-0.15, -0.1) is 0 Å². The second-order valence-electron chi connectivity index (χ2n) is 11.6. The van der Waals surface area contributed by atoms with Gasteiger partial charge in [-0.05, 0) is 37.0 Å². The molecule has 0 heterocycles. The van der Waals surface area contributed by atoms with Crippen LogP contribution < -0.4 is 10.6 Å². The molecule has 0 spiro atoms. The van der Waals surface area contributed by atoms with Gasteiger partial charge in [0.15, 0.2) is 0 Å². The van der Waals surface area contributed by atoms with Gasteiger partial charge in [-0.25, -0.2) is 0 Å². The zero-order valence-electron chi connectivity index (χ0n) is 23.5. The number of quaternary nitrogens is 1. The molecule has 1 aromatic rings. The number of likely N-dealkylation sites (N-methyl/N-ethyl adjacent to an activating group) is 1. The highest BCUT2D eigenvalue weighted by molar-refractivity contribution is 7.44. The second-order valence-corrected chi connectivity index (χ2v) is 12.8. The third kappa shape index (κ3) is 21.2. The number of nitrogen functional groups attached to an aromatic ring is 1. The van der Waals surface area contributed by atoms with E-state index in [4.69, 9.17) is 15.2 Å². The first-order valence-electron chi connectivity index (χ1n) is 14.4. The molecule has 0 fully saturated rings. The van der Waals surface area contributed by atoms with Crippen molar-refractivity contribution in [1.29, 1.82) is 0 Å². The molecule has 0 bridgehead atoms. The molecule has 3 N–H and O–H groups in total. The van der Waals surface area contributed by atoms with E-state index in [-0.39, 0.29) is 0 Å². The summed E-state index contributed by atoms with van der Waals surface area (Å²) in [7, 11) is 1.31. The van der Waals surface area contributed by atoms with E-state index in [1.807, 2.05) is 33.3 Å². The number of nitrogens with zero attached hydrogens (tertiary/aromatic N) is 1. The first kappa shape index (κ1) is 33.1. The molecule has 7 heteroatoms. The molecule has 2 unspecified atom stereocenters. The van der Waals surface area contributed by atoms with Gasteiger partial charge in [-0.2, -0.15) is 0 Å². The molecule has 210 valence electrons. The SMILES string of the molecule is C[N+](C)(C)CC(CCCCCCCCCCCCCCCCCCc1ccc(N)cc1)OP(=O)([O-])O. The third-order valence-corrected chi connectivity index (χ3v) is 7.32. The van der Waals surface area contributed by atoms with Crippen LogP contribution in [-0.4, -0.2) is 43.2 Å². The Morgan fingerprint density at radius 2 is 1.17 bits per heavy atom. The van der Waals surface area contributed by atoms with E-state index in [1.54, 1.807) is 0 Å². The molecule has 0 aliphatic carbocycles. The number of unbranched alkanes of at least 4 members (excludes halogenated alkanes) is 15. The Hall–Kier alpha value is -0.910. The topological polar surface area (TPSA) is 95.6 Å². The fraction of sp³-hybridized carbons (Fsp3) is 0.793. The molecule has 6 nitrogen and oxygen atoms in total. The number of nitrogens with two attached hydrogens (primary N) is 1. The smallest absolute Gasteiger partial charge is 0.265 e. The Balaban J connectivity index is 1.85. The van der Waals surface area contributed by atoms with E-state index < -0.39 is 13.9 Å².